The van der Waals surface area contributed by atoms with E-state index >= 15 is 0 Å². The molecule has 0 bridgehead atoms. The van der Waals surface area contributed by atoms with Gasteiger partial charge in [-0.1, -0.05) is 6.42 Å². The number of nitrogens with two attached hydrogens (primary N) is 2. The topological polar surface area (TPSA) is 137 Å². The summed E-state index contributed by atoms with van der Waals surface area (Å²) >= 11 is 0. The zero-order valence-corrected chi connectivity index (χ0v) is 17.9. The first kappa shape index (κ1) is 22.8. The van der Waals surface area contributed by atoms with Crippen LogP contribution in [-0.4, -0.2) is 44.2 Å². The summed E-state index contributed by atoms with van der Waals surface area (Å²) in [5, 5.41) is 10.5. The Balaban J connectivity index is 1.70. The van der Waals surface area contributed by atoms with Gasteiger partial charge in [-0.05, 0) is 31.7 Å². The number of fused-ring (bicyclic) bond motifs is 1. The first-order valence-corrected chi connectivity index (χ1v) is 10.6. The van der Waals surface area contributed by atoms with Gasteiger partial charge in [-0.25, -0.2) is 18.2 Å². The number of carbonyl (C=O) groups is 1. The van der Waals surface area contributed by atoms with E-state index < -0.39 is 24.7 Å². The van der Waals surface area contributed by atoms with Gasteiger partial charge in [0.1, 0.15) is 12.4 Å². The molecule has 6 N–H and O–H groups in total. The predicted molar refractivity (Wildman–Crippen MR) is 118 cm³/mol. The third-order valence-electron chi connectivity index (χ3n) is 5.90. The van der Waals surface area contributed by atoms with Crippen molar-refractivity contribution in [2.24, 2.45) is 17.4 Å². The van der Waals surface area contributed by atoms with E-state index in [1.165, 1.54) is 18.6 Å². The van der Waals surface area contributed by atoms with Crippen molar-refractivity contribution >= 4 is 34.1 Å². The molecule has 1 saturated carbocycles. The van der Waals surface area contributed by atoms with Crippen LogP contribution in [0.15, 0.2) is 24.7 Å². The quantitative estimate of drug-likeness (QED) is 0.384. The fourth-order valence-corrected chi connectivity index (χ4v) is 4.00. The maximum Gasteiger partial charge on any atom is 0.257 e. The minimum atomic E-state index is -2.59. The summed E-state index contributed by atoms with van der Waals surface area (Å²) in [6.45, 7) is 1.25. The number of amides is 1. The summed E-state index contributed by atoms with van der Waals surface area (Å²) in [4.78, 5) is 20.3. The van der Waals surface area contributed by atoms with Crippen LogP contribution in [0, 0.1) is 11.7 Å². The third kappa shape index (κ3) is 4.70. The highest BCUT2D eigenvalue weighted by Gasteiger charge is 2.31. The van der Waals surface area contributed by atoms with E-state index in [4.69, 9.17) is 11.5 Å². The van der Waals surface area contributed by atoms with Gasteiger partial charge in [0.25, 0.3) is 12.3 Å². The maximum atomic E-state index is 14.8. The Morgan fingerprint density at radius 1 is 1.27 bits per heavy atom. The highest BCUT2D eigenvalue weighted by Crippen LogP contribution is 2.34. The lowest BCUT2D eigenvalue weighted by Gasteiger charge is -2.37. The molecule has 0 aromatic carbocycles. The van der Waals surface area contributed by atoms with Crippen LogP contribution in [0.4, 0.5) is 30.5 Å². The normalized spacial score (nSPS) is 15.9. The van der Waals surface area contributed by atoms with Crippen LogP contribution in [0.3, 0.4) is 0 Å². The molecule has 3 aromatic rings. The van der Waals surface area contributed by atoms with E-state index in [1.807, 2.05) is 6.92 Å². The lowest BCUT2D eigenvalue weighted by molar-refractivity contribution is 0.1000. The van der Waals surface area contributed by atoms with Crippen LogP contribution in [0.2, 0.25) is 0 Å². The molecule has 176 valence electrons. The molecule has 0 unspecified atom stereocenters. The number of rotatable bonds is 9. The summed E-state index contributed by atoms with van der Waals surface area (Å²) in [6, 6.07) is 0.570. The second kappa shape index (κ2) is 9.22. The molecule has 0 saturated heterocycles. The van der Waals surface area contributed by atoms with E-state index in [1.54, 1.807) is 0 Å². The van der Waals surface area contributed by atoms with Crippen molar-refractivity contribution in [1.29, 1.82) is 0 Å². The Labute approximate surface area is 187 Å². The van der Waals surface area contributed by atoms with Crippen LogP contribution in [0.1, 0.15) is 36.5 Å². The van der Waals surface area contributed by atoms with Gasteiger partial charge in [-0.2, -0.15) is 5.10 Å². The number of aromatic nitrogens is 4. The molecule has 3 heterocycles. The fraction of sp³-hybridized carbons (Fsp3) is 0.429. The number of pyridine rings is 2. The molecule has 0 aliphatic heterocycles. The molecule has 3 aromatic heterocycles. The molecular formula is C21H25F3N8O. The molecule has 9 nitrogen and oxygen atoms in total. The number of nitrogens with zero attached hydrogens (tertiary/aromatic N) is 4. The number of hydrogen-bond donors (Lipinski definition) is 4. The number of alkyl halides is 2. The fourth-order valence-electron chi connectivity index (χ4n) is 4.00. The zero-order valence-electron chi connectivity index (χ0n) is 17.9. The monoisotopic (exact) mass is 462 g/mol. The summed E-state index contributed by atoms with van der Waals surface area (Å²) in [5.41, 5.74) is 12.1. The standard InChI is InChI=1S/C21H25F3N8O/c1-10(25)18(11-3-2-4-11)30-21-14(22)5-12(19(26)33)20(31-21)29-15-7-27-8-16-13(15)6-28-32(16)9-17(23)24/h5-8,10-11,17-18H,2-4,9,25H2,1H3,(H2,26,33)(H2,29,30,31)/t10-,18-/m0/s1. The molecular weight excluding hydrogens is 437 g/mol. The summed E-state index contributed by atoms with van der Waals surface area (Å²) < 4.78 is 41.6. The van der Waals surface area contributed by atoms with Crippen LogP contribution in [-0.2, 0) is 6.54 Å². The Hall–Kier alpha value is -3.41. The Kier molecular flexibility index (Phi) is 6.36. The van der Waals surface area contributed by atoms with Crippen molar-refractivity contribution in [3.05, 3.63) is 36.0 Å². The van der Waals surface area contributed by atoms with E-state index in [9.17, 15) is 18.0 Å². The molecule has 1 aliphatic rings. The van der Waals surface area contributed by atoms with Gasteiger partial charge in [0.2, 0.25) is 0 Å². The molecule has 12 heteroatoms. The summed E-state index contributed by atoms with van der Waals surface area (Å²) in [6.07, 6.45) is 4.71. The third-order valence-corrected chi connectivity index (χ3v) is 5.90. The maximum absolute atomic E-state index is 14.8. The van der Waals surface area contributed by atoms with Crippen LogP contribution in [0.5, 0.6) is 0 Å². The first-order chi connectivity index (χ1) is 15.7. The van der Waals surface area contributed by atoms with E-state index in [0.29, 0.717) is 22.5 Å². The number of primary amides is 1. The van der Waals surface area contributed by atoms with Crippen LogP contribution >= 0.6 is 0 Å². The van der Waals surface area contributed by atoms with E-state index in [-0.39, 0.29) is 29.3 Å². The predicted octanol–water partition coefficient (Wildman–Crippen LogP) is 3.00. The first-order valence-electron chi connectivity index (χ1n) is 10.6. The molecule has 1 amide bonds. The number of nitrogens with one attached hydrogen (secondary N) is 2. The second-order valence-corrected chi connectivity index (χ2v) is 8.26. The highest BCUT2D eigenvalue weighted by molar-refractivity contribution is 6.00. The lowest BCUT2D eigenvalue weighted by Crippen LogP contribution is -2.46. The smallest absolute Gasteiger partial charge is 0.257 e. The molecule has 33 heavy (non-hydrogen) atoms. The van der Waals surface area contributed by atoms with Crippen molar-refractivity contribution in [3.8, 4) is 0 Å². The largest absolute Gasteiger partial charge is 0.365 e. The minimum Gasteiger partial charge on any atom is -0.365 e. The minimum absolute atomic E-state index is 0.000608. The Morgan fingerprint density at radius 2 is 2.03 bits per heavy atom. The average molecular weight is 462 g/mol. The summed E-state index contributed by atoms with van der Waals surface area (Å²) in [5.74, 6) is -1.38. The zero-order chi connectivity index (χ0) is 23.7. The lowest BCUT2D eigenvalue weighted by atomic mass is 9.77. The Bertz CT molecular complexity index is 1160. The number of anilines is 3. The van der Waals surface area contributed by atoms with Crippen molar-refractivity contribution < 1.29 is 18.0 Å². The van der Waals surface area contributed by atoms with Gasteiger partial charge in [0, 0.05) is 17.5 Å². The molecule has 1 fully saturated rings. The van der Waals surface area contributed by atoms with Gasteiger partial charge >= 0.3 is 0 Å². The van der Waals surface area contributed by atoms with Gasteiger partial charge < -0.3 is 22.1 Å². The van der Waals surface area contributed by atoms with Gasteiger partial charge in [0.05, 0.1) is 35.4 Å². The van der Waals surface area contributed by atoms with Crippen molar-refractivity contribution in [2.75, 3.05) is 10.6 Å². The van der Waals surface area contributed by atoms with Gasteiger partial charge in [-0.15, -0.1) is 0 Å². The van der Waals surface area contributed by atoms with Crippen molar-refractivity contribution in [3.63, 3.8) is 0 Å². The Morgan fingerprint density at radius 3 is 2.64 bits per heavy atom. The number of halogens is 3. The molecule has 0 spiro atoms. The SMILES string of the molecule is C[C@H](N)[C@H](Nc1nc(Nc2cncc3c2cnn3CC(F)F)c(C(N)=O)cc1F)C1CCC1. The van der Waals surface area contributed by atoms with Crippen molar-refractivity contribution in [1.82, 2.24) is 19.7 Å². The summed E-state index contributed by atoms with van der Waals surface area (Å²) in [7, 11) is 0. The molecule has 0 radical (unpaired) electrons. The van der Waals surface area contributed by atoms with Gasteiger partial charge in [-0.3, -0.25) is 14.5 Å². The average Bonchev–Trinajstić information content (AvgIpc) is 3.11. The molecule has 2 atom stereocenters. The van der Waals surface area contributed by atoms with E-state index in [0.717, 1.165) is 30.0 Å². The number of hydrogen-bond acceptors (Lipinski definition) is 7. The molecule has 4 rings (SSSR count). The van der Waals surface area contributed by atoms with Crippen LogP contribution < -0.4 is 22.1 Å². The molecule has 1 aliphatic carbocycles. The second-order valence-electron chi connectivity index (χ2n) is 8.26. The highest BCUT2D eigenvalue weighted by atomic mass is 19.3. The van der Waals surface area contributed by atoms with Crippen molar-refractivity contribution in [2.45, 2.75) is 51.2 Å². The van der Waals surface area contributed by atoms with Crippen LogP contribution in [0.25, 0.3) is 10.9 Å². The number of carbonyl (C=O) groups excluding carboxylic acids is 1. The van der Waals surface area contributed by atoms with Gasteiger partial charge in [0.15, 0.2) is 11.6 Å². The van der Waals surface area contributed by atoms with E-state index in [2.05, 4.69) is 25.7 Å².